The molecule has 1 aromatic heterocycles. The fourth-order valence-corrected chi connectivity index (χ4v) is 3.22. The van der Waals surface area contributed by atoms with E-state index >= 15 is 0 Å². The van der Waals surface area contributed by atoms with Gasteiger partial charge in [0.2, 0.25) is 5.91 Å². The third kappa shape index (κ3) is 5.15. The number of fused-ring (bicyclic) bond motifs is 1. The quantitative estimate of drug-likeness (QED) is 0.435. The van der Waals surface area contributed by atoms with Crippen LogP contribution in [0.4, 0.5) is 18.9 Å². The molecule has 8 nitrogen and oxygen atoms in total. The molecule has 2 aliphatic rings. The maximum absolute atomic E-state index is 12.2. The van der Waals surface area contributed by atoms with Gasteiger partial charge in [0.15, 0.2) is 11.1 Å². The van der Waals surface area contributed by atoms with Gasteiger partial charge in [0, 0.05) is 41.5 Å². The largest absolute Gasteiger partial charge is 0.405 e. The lowest BCUT2D eigenvalue weighted by Gasteiger charge is -2.21. The van der Waals surface area contributed by atoms with Crippen molar-refractivity contribution in [2.75, 3.05) is 11.9 Å². The summed E-state index contributed by atoms with van der Waals surface area (Å²) in [7, 11) is 0. The maximum Gasteiger partial charge on any atom is 0.405 e. The van der Waals surface area contributed by atoms with E-state index in [0.29, 0.717) is 11.3 Å². The molecular weight excluding hydrogens is 411 g/mol. The van der Waals surface area contributed by atoms with E-state index in [-0.39, 0.29) is 11.1 Å². The first kappa shape index (κ1) is 20.9. The number of alkyl halides is 3. The van der Waals surface area contributed by atoms with Gasteiger partial charge in [-0.1, -0.05) is 0 Å². The number of amides is 1. The van der Waals surface area contributed by atoms with Crippen molar-refractivity contribution in [3.63, 3.8) is 0 Å². The summed E-state index contributed by atoms with van der Waals surface area (Å²) >= 11 is -2.14. The third-order valence-electron chi connectivity index (χ3n) is 4.20. The average Bonchev–Trinajstić information content (AvgIpc) is 3.08. The lowest BCUT2D eigenvalue weighted by molar-refractivity contribution is -0.138. The fraction of sp³-hybridized carbons (Fsp3) is 0.294. The number of halogens is 3. The first-order chi connectivity index (χ1) is 13.6. The average molecular weight is 429 g/mol. The number of nitrogens with one attached hydrogen (secondary N) is 4. The molecule has 3 rings (SSSR count). The van der Waals surface area contributed by atoms with Crippen LogP contribution in [0.15, 0.2) is 47.4 Å². The van der Waals surface area contributed by atoms with E-state index in [9.17, 15) is 26.7 Å². The second-order valence-corrected chi connectivity index (χ2v) is 7.35. The Balaban J connectivity index is 1.72. The molecule has 0 aromatic carbocycles. The van der Waals surface area contributed by atoms with Gasteiger partial charge in [0.25, 0.3) is 0 Å². The normalized spacial score (nSPS) is 20.2. The summed E-state index contributed by atoms with van der Waals surface area (Å²) in [5, 5.41) is 10.7. The Bertz CT molecular complexity index is 929. The second-order valence-electron chi connectivity index (χ2n) is 6.38. The molecule has 0 radical (unpaired) electrons. The molecule has 156 valence electrons. The molecule has 5 N–H and O–H groups in total. The summed E-state index contributed by atoms with van der Waals surface area (Å²) in [4.78, 5) is 16.1. The van der Waals surface area contributed by atoms with Crippen molar-refractivity contribution < 1.29 is 26.7 Å². The molecule has 1 amide bonds. The molecule has 0 aliphatic carbocycles. The topological polar surface area (TPSA) is 115 Å². The van der Waals surface area contributed by atoms with Gasteiger partial charge in [-0.25, -0.2) is 4.21 Å². The van der Waals surface area contributed by atoms with Crippen LogP contribution in [0.2, 0.25) is 0 Å². The number of hydrogen-bond donors (Lipinski definition) is 5. The molecule has 3 heterocycles. The SMILES string of the molecule is C[C@@H](Nc1cncc(C2=CNC3NC=C(S(=O)O)C=C23)c1)C(=O)NCC(F)(F)F. The highest BCUT2D eigenvalue weighted by molar-refractivity contribution is 7.83. The standard InChI is InChI=1S/C17H18F3N5O3S/c1-9(16(26)24-8-17(18,19)20)25-11-2-10(4-21-5-11)14-7-23-15-13(14)3-12(6-22-15)29(27)28/h2-7,9,15,22-23,25H,8H2,1H3,(H,24,26)(H,27,28)/t9-,15?/m1/s1. The van der Waals surface area contributed by atoms with Crippen molar-refractivity contribution >= 4 is 28.2 Å². The van der Waals surface area contributed by atoms with E-state index in [1.807, 2.05) is 5.32 Å². The molecule has 3 atom stereocenters. The van der Waals surface area contributed by atoms with Gasteiger partial charge in [-0.05, 0) is 19.1 Å². The summed E-state index contributed by atoms with van der Waals surface area (Å²) < 4.78 is 57.3. The van der Waals surface area contributed by atoms with Crippen molar-refractivity contribution in [2.24, 2.45) is 0 Å². The van der Waals surface area contributed by atoms with Crippen LogP contribution in [0.25, 0.3) is 5.57 Å². The van der Waals surface area contributed by atoms with Crippen LogP contribution in [-0.2, 0) is 15.9 Å². The summed E-state index contributed by atoms with van der Waals surface area (Å²) in [6.07, 6.45) is 3.04. The maximum atomic E-state index is 12.2. The monoisotopic (exact) mass is 429 g/mol. The van der Waals surface area contributed by atoms with Gasteiger partial charge >= 0.3 is 6.18 Å². The minimum Gasteiger partial charge on any atom is -0.373 e. The van der Waals surface area contributed by atoms with Crippen molar-refractivity contribution in [3.05, 3.63) is 53.0 Å². The Morgan fingerprint density at radius 1 is 1.34 bits per heavy atom. The van der Waals surface area contributed by atoms with E-state index in [1.165, 1.54) is 19.3 Å². The van der Waals surface area contributed by atoms with E-state index in [0.717, 1.165) is 11.1 Å². The zero-order valence-corrected chi connectivity index (χ0v) is 15.9. The van der Waals surface area contributed by atoms with Gasteiger partial charge < -0.3 is 25.8 Å². The van der Waals surface area contributed by atoms with Crippen LogP contribution >= 0.6 is 0 Å². The predicted molar refractivity (Wildman–Crippen MR) is 101 cm³/mol. The van der Waals surface area contributed by atoms with Gasteiger partial charge in [-0.3, -0.25) is 9.78 Å². The number of rotatable bonds is 6. The van der Waals surface area contributed by atoms with E-state index in [4.69, 9.17) is 0 Å². The summed E-state index contributed by atoms with van der Waals surface area (Å²) in [5.74, 6) is -0.797. The van der Waals surface area contributed by atoms with Crippen LogP contribution in [-0.4, -0.2) is 44.6 Å². The molecular formula is C17H18F3N5O3S. The van der Waals surface area contributed by atoms with E-state index in [1.54, 1.807) is 24.5 Å². The van der Waals surface area contributed by atoms with Crippen molar-refractivity contribution in [3.8, 4) is 0 Å². The molecule has 2 aliphatic heterocycles. The van der Waals surface area contributed by atoms with Crippen molar-refractivity contribution in [1.29, 1.82) is 0 Å². The number of carbonyl (C=O) groups excluding carboxylic acids is 1. The summed E-state index contributed by atoms with van der Waals surface area (Å²) in [5.41, 5.74) is 2.56. The molecule has 12 heteroatoms. The highest BCUT2D eigenvalue weighted by Gasteiger charge is 2.29. The zero-order valence-electron chi connectivity index (χ0n) is 15.1. The molecule has 1 aromatic rings. The summed E-state index contributed by atoms with van der Waals surface area (Å²) in [6.45, 7) is 0.0331. The van der Waals surface area contributed by atoms with E-state index in [2.05, 4.69) is 20.9 Å². The van der Waals surface area contributed by atoms with Crippen molar-refractivity contribution in [1.82, 2.24) is 20.9 Å². The highest BCUT2D eigenvalue weighted by atomic mass is 32.2. The molecule has 0 bridgehead atoms. The lowest BCUT2D eigenvalue weighted by atomic mass is 9.99. The Kier molecular flexibility index (Phi) is 5.94. The number of carbonyl (C=O) groups is 1. The Labute approximate surface area is 166 Å². The lowest BCUT2D eigenvalue weighted by Crippen LogP contribution is -2.42. The van der Waals surface area contributed by atoms with Gasteiger partial charge in [0.1, 0.15) is 18.8 Å². The molecule has 0 saturated carbocycles. The third-order valence-corrected chi connectivity index (χ3v) is 4.84. The van der Waals surface area contributed by atoms with Gasteiger partial charge in [0.05, 0.1) is 10.6 Å². The number of nitrogens with zero attached hydrogens (tertiary/aromatic N) is 1. The molecule has 2 unspecified atom stereocenters. The number of aromatic nitrogens is 1. The molecule has 29 heavy (non-hydrogen) atoms. The van der Waals surface area contributed by atoms with Crippen LogP contribution < -0.4 is 21.3 Å². The van der Waals surface area contributed by atoms with Gasteiger partial charge in [-0.2, -0.15) is 13.2 Å². The minimum atomic E-state index is -4.48. The van der Waals surface area contributed by atoms with Crippen LogP contribution in [0.1, 0.15) is 12.5 Å². The smallest absolute Gasteiger partial charge is 0.373 e. The molecule has 0 spiro atoms. The number of pyridine rings is 1. The fourth-order valence-electron chi connectivity index (χ4n) is 2.83. The molecule has 0 saturated heterocycles. The Morgan fingerprint density at radius 2 is 2.07 bits per heavy atom. The second kappa shape index (κ2) is 8.25. The highest BCUT2D eigenvalue weighted by Crippen LogP contribution is 2.32. The number of dihydropyridines is 1. The van der Waals surface area contributed by atoms with Crippen LogP contribution in [0.3, 0.4) is 0 Å². The molecule has 0 fully saturated rings. The first-order valence-electron chi connectivity index (χ1n) is 8.46. The summed E-state index contributed by atoms with van der Waals surface area (Å²) in [6, 6.07) is 0.769. The van der Waals surface area contributed by atoms with Crippen LogP contribution in [0.5, 0.6) is 0 Å². The Hall–Kier alpha value is -2.86. The van der Waals surface area contributed by atoms with Crippen LogP contribution in [0, 0.1) is 0 Å². The first-order valence-corrected chi connectivity index (χ1v) is 9.56. The van der Waals surface area contributed by atoms with E-state index < -0.39 is 35.8 Å². The zero-order chi connectivity index (χ0) is 21.2. The minimum absolute atomic E-state index is 0.211. The number of anilines is 1. The van der Waals surface area contributed by atoms with Gasteiger partial charge in [-0.15, -0.1) is 0 Å². The number of allylic oxidation sites excluding steroid dienone is 1. The van der Waals surface area contributed by atoms with Crippen molar-refractivity contribution in [2.45, 2.75) is 25.3 Å². The Morgan fingerprint density at radius 3 is 2.76 bits per heavy atom. The predicted octanol–water partition coefficient (Wildman–Crippen LogP) is 1.42. The number of hydrogen-bond acceptors (Lipinski definition) is 6.